The molecule has 19 heavy (non-hydrogen) atoms. The second-order valence-corrected chi connectivity index (χ2v) is 5.89. The Kier molecular flexibility index (Phi) is 4.71. The van der Waals surface area contributed by atoms with Crippen LogP contribution in [0.1, 0.15) is 29.7 Å². The van der Waals surface area contributed by atoms with E-state index in [1.807, 2.05) is 24.6 Å². The smallest absolute Gasteiger partial charge is 0.137 e. The fourth-order valence-corrected chi connectivity index (χ4v) is 3.21. The van der Waals surface area contributed by atoms with Crippen LogP contribution < -0.4 is 5.32 Å². The molecule has 1 heterocycles. The molecule has 1 nitrogen and oxygen atoms in total. The number of hydrogen-bond donors (Lipinski definition) is 1. The predicted octanol–water partition coefficient (Wildman–Crippen LogP) is 4.80. The van der Waals surface area contributed by atoms with Gasteiger partial charge in [-0.25, -0.2) is 8.78 Å². The van der Waals surface area contributed by atoms with Gasteiger partial charge in [-0.2, -0.15) is 11.3 Å². The van der Waals surface area contributed by atoms with Crippen molar-refractivity contribution in [1.82, 2.24) is 5.32 Å². The lowest BCUT2D eigenvalue weighted by molar-refractivity contribution is 0.542. The summed E-state index contributed by atoms with van der Waals surface area (Å²) >= 11 is 4.56. The third-order valence-corrected chi connectivity index (χ3v) is 4.45. The Morgan fingerprint density at radius 2 is 1.95 bits per heavy atom. The molecule has 2 rings (SSSR count). The lowest BCUT2D eigenvalue weighted by Gasteiger charge is -2.19. The molecule has 0 amide bonds. The summed E-state index contributed by atoms with van der Waals surface area (Å²) in [5, 5.41) is 7.20. The average molecular weight is 346 g/mol. The van der Waals surface area contributed by atoms with E-state index in [9.17, 15) is 8.78 Å². The van der Waals surface area contributed by atoms with Crippen molar-refractivity contribution in [3.05, 3.63) is 55.7 Å². The van der Waals surface area contributed by atoms with Gasteiger partial charge in [0.25, 0.3) is 0 Å². The van der Waals surface area contributed by atoms with Gasteiger partial charge in [-0.05, 0) is 63.4 Å². The molecule has 1 unspecified atom stereocenters. The predicted molar refractivity (Wildman–Crippen MR) is 78.6 cm³/mol. The molecule has 0 bridgehead atoms. The van der Waals surface area contributed by atoms with Gasteiger partial charge in [0.05, 0.1) is 10.5 Å². The number of nitrogens with one attached hydrogen (secondary N) is 1. The number of halogens is 3. The fraction of sp³-hybridized carbons (Fsp3) is 0.286. The Morgan fingerprint density at radius 1 is 1.21 bits per heavy atom. The Hall–Kier alpha value is -0.780. The molecule has 0 aliphatic heterocycles. The monoisotopic (exact) mass is 345 g/mol. The summed E-state index contributed by atoms with van der Waals surface area (Å²) in [6.45, 7) is 4.60. The van der Waals surface area contributed by atoms with E-state index in [0.29, 0.717) is 12.1 Å². The van der Waals surface area contributed by atoms with Crippen molar-refractivity contribution < 1.29 is 8.78 Å². The van der Waals surface area contributed by atoms with Crippen LogP contribution in [0.3, 0.4) is 0 Å². The van der Waals surface area contributed by atoms with E-state index < -0.39 is 11.6 Å². The van der Waals surface area contributed by atoms with Gasteiger partial charge in [0.1, 0.15) is 11.6 Å². The van der Waals surface area contributed by atoms with Crippen LogP contribution >= 0.6 is 27.3 Å². The van der Waals surface area contributed by atoms with E-state index in [1.165, 1.54) is 12.1 Å². The first-order valence-electron chi connectivity index (χ1n) is 5.95. The maximum atomic E-state index is 14.1. The second-order valence-electron chi connectivity index (χ2n) is 4.29. The van der Waals surface area contributed by atoms with Crippen LogP contribution in [0, 0.1) is 18.6 Å². The van der Waals surface area contributed by atoms with Crippen LogP contribution in [0.15, 0.2) is 27.4 Å². The number of hydrogen-bond acceptors (Lipinski definition) is 2. The number of rotatable bonds is 4. The van der Waals surface area contributed by atoms with Crippen LogP contribution in [-0.2, 0) is 0 Å². The van der Waals surface area contributed by atoms with Crippen molar-refractivity contribution in [3.8, 4) is 0 Å². The van der Waals surface area contributed by atoms with Crippen LogP contribution in [0.4, 0.5) is 8.78 Å². The van der Waals surface area contributed by atoms with E-state index in [2.05, 4.69) is 21.2 Å². The molecule has 1 aromatic carbocycles. The molecule has 5 heteroatoms. The highest BCUT2D eigenvalue weighted by Crippen LogP contribution is 2.31. The molecule has 0 saturated heterocycles. The van der Waals surface area contributed by atoms with Crippen molar-refractivity contribution in [1.29, 1.82) is 0 Å². The molecule has 1 atom stereocenters. The summed E-state index contributed by atoms with van der Waals surface area (Å²) < 4.78 is 27.9. The van der Waals surface area contributed by atoms with E-state index in [0.717, 1.165) is 11.1 Å². The zero-order chi connectivity index (χ0) is 14.0. The molecule has 0 radical (unpaired) electrons. The van der Waals surface area contributed by atoms with Crippen LogP contribution in [0.25, 0.3) is 0 Å². The van der Waals surface area contributed by atoms with Gasteiger partial charge < -0.3 is 5.32 Å². The topological polar surface area (TPSA) is 12.0 Å². The van der Waals surface area contributed by atoms with Gasteiger partial charge in [-0.1, -0.05) is 6.92 Å². The highest BCUT2D eigenvalue weighted by atomic mass is 79.9. The Labute approximate surface area is 123 Å². The molecule has 1 aromatic heterocycles. The number of thiophene rings is 1. The summed E-state index contributed by atoms with van der Waals surface area (Å²) in [6.07, 6.45) is 0. The van der Waals surface area contributed by atoms with Gasteiger partial charge in [-0.3, -0.25) is 0 Å². The molecule has 102 valence electrons. The first-order chi connectivity index (χ1) is 9.04. The third kappa shape index (κ3) is 3.04. The molecule has 0 spiro atoms. The molecule has 1 N–H and O–H groups in total. The Bertz CT molecular complexity index is 583. The van der Waals surface area contributed by atoms with Crippen LogP contribution in [-0.4, -0.2) is 6.54 Å². The largest absolute Gasteiger partial charge is 0.306 e. The normalized spacial score (nSPS) is 12.7. The Balaban J connectivity index is 2.51. The summed E-state index contributed by atoms with van der Waals surface area (Å²) in [5.74, 6) is -0.864. The lowest BCUT2D eigenvalue weighted by Crippen LogP contribution is -2.23. The standard InChI is InChI=1S/C14H14BrF2NS/c1-3-18-14(10-7-19-6-8(10)2)9-4-13(17)11(15)5-12(9)16/h4-7,14,18H,3H2,1-2H3. The van der Waals surface area contributed by atoms with Gasteiger partial charge in [-0.15, -0.1) is 0 Å². The first kappa shape index (κ1) is 14.6. The Morgan fingerprint density at radius 3 is 2.53 bits per heavy atom. The van der Waals surface area contributed by atoms with Gasteiger partial charge in [0.15, 0.2) is 0 Å². The van der Waals surface area contributed by atoms with E-state index in [1.54, 1.807) is 11.3 Å². The molecule has 0 aliphatic carbocycles. The van der Waals surface area contributed by atoms with Crippen molar-refractivity contribution >= 4 is 27.3 Å². The zero-order valence-electron chi connectivity index (χ0n) is 10.6. The maximum absolute atomic E-state index is 14.1. The summed E-state index contributed by atoms with van der Waals surface area (Å²) in [4.78, 5) is 0. The lowest BCUT2D eigenvalue weighted by atomic mass is 9.98. The molecule has 0 saturated carbocycles. The number of aryl methyl sites for hydroxylation is 1. The highest BCUT2D eigenvalue weighted by Gasteiger charge is 2.21. The minimum absolute atomic E-state index is 0.144. The van der Waals surface area contributed by atoms with E-state index in [-0.39, 0.29) is 10.5 Å². The summed E-state index contributed by atoms with van der Waals surface area (Å²) in [6, 6.07) is 2.11. The van der Waals surface area contributed by atoms with Crippen LogP contribution in [0.2, 0.25) is 0 Å². The van der Waals surface area contributed by atoms with Gasteiger partial charge in [0.2, 0.25) is 0 Å². The fourth-order valence-electron chi connectivity index (χ4n) is 2.02. The number of benzene rings is 1. The highest BCUT2D eigenvalue weighted by molar-refractivity contribution is 9.10. The van der Waals surface area contributed by atoms with Crippen molar-refractivity contribution in [2.24, 2.45) is 0 Å². The maximum Gasteiger partial charge on any atom is 0.137 e. The quantitative estimate of drug-likeness (QED) is 0.785. The second kappa shape index (κ2) is 6.11. The van der Waals surface area contributed by atoms with E-state index in [4.69, 9.17) is 0 Å². The minimum atomic E-state index is -0.452. The zero-order valence-corrected chi connectivity index (χ0v) is 13.0. The SMILES string of the molecule is CCNC(c1cscc1C)c1cc(F)c(Br)cc1F. The van der Waals surface area contributed by atoms with Gasteiger partial charge in [0, 0.05) is 5.56 Å². The molecule has 0 aliphatic rings. The molecular weight excluding hydrogens is 332 g/mol. The first-order valence-corrected chi connectivity index (χ1v) is 7.68. The molecule has 2 aromatic rings. The minimum Gasteiger partial charge on any atom is -0.306 e. The van der Waals surface area contributed by atoms with Gasteiger partial charge >= 0.3 is 0 Å². The van der Waals surface area contributed by atoms with E-state index >= 15 is 0 Å². The summed E-state index contributed by atoms with van der Waals surface area (Å²) in [7, 11) is 0. The average Bonchev–Trinajstić information content (AvgIpc) is 2.77. The van der Waals surface area contributed by atoms with Crippen molar-refractivity contribution in [2.75, 3.05) is 6.54 Å². The van der Waals surface area contributed by atoms with Crippen molar-refractivity contribution in [2.45, 2.75) is 19.9 Å². The van der Waals surface area contributed by atoms with Crippen LogP contribution in [0.5, 0.6) is 0 Å². The summed E-state index contributed by atoms with van der Waals surface area (Å²) in [5.41, 5.74) is 2.41. The molecule has 0 fully saturated rings. The third-order valence-electron chi connectivity index (χ3n) is 2.97. The molecular formula is C14H14BrF2NS. The van der Waals surface area contributed by atoms with Crippen molar-refractivity contribution in [3.63, 3.8) is 0 Å².